The molecule has 16 rings (SSSR count). The molecular weight excluding hydrogens is 1030 g/mol. The van der Waals surface area contributed by atoms with Gasteiger partial charge in [-0.05, 0) is 140 Å². The Hall–Kier alpha value is -10.1. The molecule has 0 N–H and O–H groups in total. The van der Waals surface area contributed by atoms with Crippen molar-refractivity contribution in [1.29, 1.82) is 0 Å². The molecule has 0 unspecified atom stereocenters. The quantitative estimate of drug-likeness (QED) is 0.128. The van der Waals surface area contributed by atoms with Gasteiger partial charge < -0.3 is 18.8 Å². The normalized spacial score (nSPS) is 12.8. The number of furan rings is 1. The third-order valence-electron chi connectivity index (χ3n) is 18.1. The lowest BCUT2D eigenvalue weighted by atomic mass is 9.33. The number of hydrogen-bond donors (Lipinski definition) is 0. The maximum absolute atomic E-state index is 7.25. The molecule has 0 aliphatic carbocycles. The zero-order chi connectivity index (χ0) is 56.9. The van der Waals surface area contributed by atoms with Gasteiger partial charge in [0.25, 0.3) is 6.71 Å². The Kier molecular flexibility index (Phi) is 12.0. The lowest BCUT2D eigenvalue weighted by Gasteiger charge is -2.46. The van der Waals surface area contributed by atoms with Gasteiger partial charge in [-0.1, -0.05) is 240 Å². The minimum absolute atomic E-state index is 0.176. The number of nitrogens with zero attached hydrogens (tertiary/aromatic N) is 3. The summed E-state index contributed by atoms with van der Waals surface area (Å²) in [6, 6.07) is 99.7. The van der Waals surface area contributed by atoms with E-state index in [4.69, 9.17) is 4.42 Å². The topological polar surface area (TPSA) is 24.6 Å². The van der Waals surface area contributed by atoms with Crippen LogP contribution < -0.4 is 26.2 Å². The molecule has 4 heterocycles. The molecule has 14 aromatic rings. The average molecular weight is 1090 g/mol. The fourth-order valence-electron chi connectivity index (χ4n) is 14.0. The lowest BCUT2D eigenvalue weighted by molar-refractivity contribution is 0.590. The largest absolute Gasteiger partial charge is 0.454 e. The summed E-state index contributed by atoms with van der Waals surface area (Å²) in [7, 11) is 0. The molecule has 0 spiro atoms. The van der Waals surface area contributed by atoms with Gasteiger partial charge in [0.05, 0.1) is 22.4 Å². The molecule has 4 nitrogen and oxygen atoms in total. The number of aryl methyl sites for hydroxylation is 1. The Morgan fingerprint density at radius 1 is 0.400 bits per heavy atom. The average Bonchev–Trinajstić information content (AvgIpc) is 1.12. The van der Waals surface area contributed by atoms with Crippen molar-refractivity contribution in [3.05, 3.63) is 278 Å². The third kappa shape index (κ3) is 8.20. The maximum Gasteiger partial charge on any atom is 0.252 e. The zero-order valence-corrected chi connectivity index (χ0v) is 48.4. The first kappa shape index (κ1) is 50.6. The summed E-state index contributed by atoms with van der Waals surface area (Å²) < 4.78 is 9.74. The van der Waals surface area contributed by atoms with Gasteiger partial charge in [-0.25, -0.2) is 0 Å². The van der Waals surface area contributed by atoms with E-state index in [1.54, 1.807) is 0 Å². The number of hydrogen-bond acceptors (Lipinski definition) is 3. The van der Waals surface area contributed by atoms with E-state index in [0.29, 0.717) is 0 Å². The minimum Gasteiger partial charge on any atom is -0.454 e. The van der Waals surface area contributed by atoms with Crippen LogP contribution in [0.5, 0.6) is 0 Å². The monoisotopic (exact) mass is 1090 g/mol. The summed E-state index contributed by atoms with van der Waals surface area (Å²) in [5.74, 6) is 0. The number of fused-ring (bicyclic) bond motifs is 10. The maximum atomic E-state index is 7.25. The molecular formula is C80H62BN3O. The Balaban J connectivity index is 1.09. The fraction of sp³-hybridized carbons (Fsp3) is 0.100. The highest BCUT2D eigenvalue weighted by Gasteiger charge is 2.46. The van der Waals surface area contributed by atoms with Gasteiger partial charge in [0, 0.05) is 61.1 Å². The van der Waals surface area contributed by atoms with Gasteiger partial charge in [0.15, 0.2) is 5.58 Å². The molecule has 0 bridgehead atoms. The fourth-order valence-corrected chi connectivity index (χ4v) is 14.0. The van der Waals surface area contributed by atoms with E-state index in [-0.39, 0.29) is 12.1 Å². The van der Waals surface area contributed by atoms with Crippen LogP contribution in [0, 0.1) is 0 Å². The molecule has 12 aromatic carbocycles. The van der Waals surface area contributed by atoms with Crippen LogP contribution in [-0.4, -0.2) is 11.3 Å². The number of anilines is 6. The van der Waals surface area contributed by atoms with Crippen molar-refractivity contribution in [2.45, 2.75) is 52.4 Å². The first-order chi connectivity index (χ1) is 41.8. The van der Waals surface area contributed by atoms with E-state index in [1.165, 1.54) is 71.7 Å². The smallest absolute Gasteiger partial charge is 0.252 e. The number of rotatable bonds is 10. The molecule has 0 fully saturated rings. The van der Waals surface area contributed by atoms with E-state index in [2.05, 4.69) is 309 Å². The summed E-state index contributed by atoms with van der Waals surface area (Å²) in [5.41, 5.74) is 27.5. The van der Waals surface area contributed by atoms with E-state index in [1.807, 2.05) is 0 Å². The van der Waals surface area contributed by atoms with Crippen molar-refractivity contribution in [3.8, 4) is 50.2 Å². The Morgan fingerprint density at radius 2 is 0.941 bits per heavy atom. The molecule has 0 atom stereocenters. The molecule has 2 aliphatic heterocycles. The summed E-state index contributed by atoms with van der Waals surface area (Å²) >= 11 is 0. The molecule has 0 saturated heterocycles. The van der Waals surface area contributed by atoms with Crippen molar-refractivity contribution in [3.63, 3.8) is 0 Å². The third-order valence-corrected chi connectivity index (χ3v) is 18.1. The van der Waals surface area contributed by atoms with Gasteiger partial charge in [-0.2, -0.15) is 0 Å². The van der Waals surface area contributed by atoms with Crippen molar-refractivity contribution in [1.82, 2.24) is 4.57 Å². The lowest BCUT2D eigenvalue weighted by Crippen LogP contribution is -2.61. The van der Waals surface area contributed by atoms with Gasteiger partial charge in [-0.15, -0.1) is 0 Å². The molecule has 2 aromatic heterocycles. The molecule has 0 amide bonds. The zero-order valence-electron chi connectivity index (χ0n) is 48.4. The second kappa shape index (κ2) is 20.1. The van der Waals surface area contributed by atoms with Gasteiger partial charge in [0.1, 0.15) is 5.58 Å². The summed E-state index contributed by atoms with van der Waals surface area (Å²) in [6.07, 6.45) is 3.03. The van der Waals surface area contributed by atoms with Crippen molar-refractivity contribution in [2.75, 3.05) is 9.80 Å². The van der Waals surface area contributed by atoms with E-state index in [0.717, 1.165) is 103 Å². The van der Waals surface area contributed by atoms with Crippen LogP contribution in [-0.2, 0) is 11.8 Å². The van der Waals surface area contributed by atoms with Crippen molar-refractivity contribution < 1.29 is 4.42 Å². The number of aromatic nitrogens is 1. The van der Waals surface area contributed by atoms with Crippen molar-refractivity contribution in [2.24, 2.45) is 0 Å². The number of unbranched alkanes of at least 4 members (excludes halogenated alkanes) is 1. The van der Waals surface area contributed by atoms with Crippen LogP contribution in [0.15, 0.2) is 271 Å². The molecule has 0 radical (unpaired) electrons. The summed E-state index contributed by atoms with van der Waals surface area (Å²) in [6.45, 7) is 9.25. The number of benzene rings is 12. The highest BCUT2D eigenvalue weighted by Crippen LogP contribution is 2.54. The first-order valence-corrected chi connectivity index (χ1v) is 30.2. The van der Waals surface area contributed by atoms with E-state index >= 15 is 0 Å². The van der Waals surface area contributed by atoms with Gasteiger partial charge in [0.2, 0.25) is 0 Å². The second-order valence-electron chi connectivity index (χ2n) is 24.2. The SMILES string of the molecule is CCCCc1ccc2c(oc3ccccc32)c1N1c2ccc(-c3ccccc3)cc2B2c3ccc(-n4c5ccccc5c5ccccc54)cc3N(c3c(-c4ccccc4)cc(-c4ccccc4)cc3-c3ccccc3)c3cc(C(C)(C)C)cc1c32. The Bertz CT molecular complexity index is 4810. The van der Waals surface area contributed by atoms with E-state index in [9.17, 15) is 0 Å². The molecule has 85 heavy (non-hydrogen) atoms. The minimum atomic E-state index is -0.265. The van der Waals surface area contributed by atoms with Crippen LogP contribution in [0.2, 0.25) is 0 Å². The molecule has 406 valence electrons. The van der Waals surface area contributed by atoms with Crippen LogP contribution in [0.25, 0.3) is 93.9 Å². The van der Waals surface area contributed by atoms with Gasteiger partial charge >= 0.3 is 0 Å². The van der Waals surface area contributed by atoms with E-state index < -0.39 is 0 Å². The van der Waals surface area contributed by atoms with Crippen molar-refractivity contribution >= 4 is 101 Å². The summed E-state index contributed by atoms with van der Waals surface area (Å²) in [4.78, 5) is 5.33. The summed E-state index contributed by atoms with van der Waals surface area (Å²) in [5, 5.41) is 4.72. The first-order valence-electron chi connectivity index (χ1n) is 30.2. The molecule has 5 heteroatoms. The van der Waals surface area contributed by atoms with Crippen LogP contribution in [0.3, 0.4) is 0 Å². The van der Waals surface area contributed by atoms with Crippen LogP contribution in [0.4, 0.5) is 34.1 Å². The predicted molar refractivity (Wildman–Crippen MR) is 361 cm³/mol. The standard InChI is InChI=1S/C80H62BN3O/c1-5-6-25-56-40-43-64-63-36-21-24-39-75(63)85-79(64)77(56)83-71-45-41-57(52-26-11-7-12-27-52)48-68(71)81-67-44-42-60(82-69-37-22-19-34-61(69)62-35-20-23-38-70(62)82)51-72(67)84(74-50-59(80(2,3)4)49-73(83)76(74)81)78-65(54-30-15-9-16-31-54)46-58(53-28-13-8-14-29-53)47-66(78)55-32-17-10-18-33-55/h7-24,26-51H,5-6,25H2,1-4H3. The predicted octanol–water partition coefficient (Wildman–Crippen LogP) is 20.1. The number of para-hydroxylation sites is 3. The van der Waals surface area contributed by atoms with Gasteiger partial charge in [-0.3, -0.25) is 0 Å². The van der Waals surface area contributed by atoms with Crippen LogP contribution in [0.1, 0.15) is 51.7 Å². The highest BCUT2D eigenvalue weighted by atomic mass is 16.3. The Labute approximate surface area is 497 Å². The Morgan fingerprint density at radius 3 is 1.54 bits per heavy atom. The van der Waals surface area contributed by atoms with Crippen LogP contribution >= 0.6 is 0 Å². The highest BCUT2D eigenvalue weighted by molar-refractivity contribution is 7.00. The molecule has 2 aliphatic rings. The second-order valence-corrected chi connectivity index (χ2v) is 24.2. The molecule has 0 saturated carbocycles.